The monoisotopic (exact) mass is 326 g/mol. The molecule has 116 valence electrons. The predicted octanol–water partition coefficient (Wildman–Crippen LogP) is 4.01. The van der Waals surface area contributed by atoms with Crippen molar-refractivity contribution in [3.8, 4) is 0 Å². The summed E-state index contributed by atoms with van der Waals surface area (Å²) in [7, 11) is 1.64. The number of hydrogen-bond donors (Lipinski definition) is 1. The Labute approximate surface area is 137 Å². The smallest absolute Gasteiger partial charge is 0.292 e. The molecule has 5 nitrogen and oxygen atoms in total. The summed E-state index contributed by atoms with van der Waals surface area (Å²) < 4.78 is 0. The molecule has 0 spiro atoms. The number of hydrogen-bond acceptors (Lipinski definition) is 5. The molecule has 0 unspecified atom stereocenters. The molecule has 1 aliphatic heterocycles. The first-order valence-electron chi connectivity index (χ1n) is 7.03. The Morgan fingerprint density at radius 3 is 2.78 bits per heavy atom. The van der Waals surface area contributed by atoms with Gasteiger partial charge in [0.25, 0.3) is 5.69 Å². The molecular formula is C17H14N2O3S. The first-order chi connectivity index (χ1) is 11.1. The predicted molar refractivity (Wildman–Crippen MR) is 92.1 cm³/mol. The lowest BCUT2D eigenvalue weighted by Crippen LogP contribution is -2.12. The van der Waals surface area contributed by atoms with Crippen LogP contribution in [0.4, 0.5) is 11.4 Å². The number of carbonyl (C=O) groups excluding carboxylic acids is 1. The minimum Gasteiger partial charge on any atom is -0.383 e. The van der Waals surface area contributed by atoms with Crippen molar-refractivity contribution in [1.29, 1.82) is 0 Å². The van der Waals surface area contributed by atoms with Crippen molar-refractivity contribution in [2.45, 2.75) is 4.90 Å². The van der Waals surface area contributed by atoms with Gasteiger partial charge in [0.2, 0.25) is 0 Å². The Kier molecular flexibility index (Phi) is 4.16. The van der Waals surface area contributed by atoms with E-state index < -0.39 is 4.92 Å². The number of nitro groups is 1. The zero-order valence-corrected chi connectivity index (χ0v) is 13.2. The Morgan fingerprint density at radius 2 is 2.04 bits per heavy atom. The van der Waals surface area contributed by atoms with E-state index in [-0.39, 0.29) is 11.5 Å². The van der Waals surface area contributed by atoms with Gasteiger partial charge in [0.1, 0.15) is 5.69 Å². The highest BCUT2D eigenvalue weighted by Crippen LogP contribution is 2.34. The number of carbonyl (C=O) groups is 1. The van der Waals surface area contributed by atoms with E-state index in [1.807, 2.05) is 24.3 Å². The number of nitrogens with one attached hydrogen (secondary N) is 1. The van der Waals surface area contributed by atoms with E-state index in [2.05, 4.69) is 5.32 Å². The summed E-state index contributed by atoms with van der Waals surface area (Å²) in [6.45, 7) is 0. The van der Waals surface area contributed by atoms with Gasteiger partial charge in [-0.25, -0.2) is 0 Å². The van der Waals surface area contributed by atoms with Crippen LogP contribution in [-0.2, 0) is 0 Å². The molecule has 0 saturated carbocycles. The molecular weight excluding hydrogens is 312 g/mol. The molecule has 2 aromatic carbocycles. The largest absolute Gasteiger partial charge is 0.383 e. The normalized spacial score (nSPS) is 15.3. The third-order valence-corrected chi connectivity index (χ3v) is 4.76. The molecule has 3 rings (SSSR count). The highest BCUT2D eigenvalue weighted by atomic mass is 32.2. The zero-order chi connectivity index (χ0) is 16.4. The van der Waals surface area contributed by atoms with Crippen LogP contribution in [0.15, 0.2) is 52.9 Å². The zero-order valence-electron chi connectivity index (χ0n) is 12.4. The van der Waals surface area contributed by atoms with Crippen LogP contribution < -0.4 is 5.32 Å². The van der Waals surface area contributed by atoms with E-state index in [0.29, 0.717) is 28.1 Å². The topological polar surface area (TPSA) is 72.2 Å². The third-order valence-electron chi connectivity index (χ3n) is 3.64. The molecule has 1 N–H and O–H groups in total. The summed E-state index contributed by atoms with van der Waals surface area (Å²) in [5, 5.41) is 13.9. The van der Waals surface area contributed by atoms with Crippen molar-refractivity contribution in [1.82, 2.24) is 0 Å². The number of rotatable bonds is 3. The minimum absolute atomic E-state index is 0.00170. The van der Waals surface area contributed by atoms with Crippen LogP contribution in [0.25, 0.3) is 6.08 Å². The maximum atomic E-state index is 12.5. The van der Waals surface area contributed by atoms with Crippen LogP contribution in [0.1, 0.15) is 15.9 Å². The Bertz CT molecular complexity index is 830. The second kappa shape index (κ2) is 6.26. The maximum absolute atomic E-state index is 12.5. The molecule has 23 heavy (non-hydrogen) atoms. The van der Waals surface area contributed by atoms with Gasteiger partial charge in [-0.1, -0.05) is 18.2 Å². The Balaban J connectivity index is 1.98. The van der Waals surface area contributed by atoms with Crippen molar-refractivity contribution in [2.75, 3.05) is 18.1 Å². The first kappa shape index (κ1) is 15.3. The molecule has 0 radical (unpaired) electrons. The van der Waals surface area contributed by atoms with Crippen molar-refractivity contribution in [3.63, 3.8) is 0 Å². The van der Waals surface area contributed by atoms with Crippen LogP contribution in [0.5, 0.6) is 0 Å². The fourth-order valence-electron chi connectivity index (χ4n) is 2.48. The molecule has 0 bridgehead atoms. The quantitative estimate of drug-likeness (QED) is 0.524. The summed E-state index contributed by atoms with van der Waals surface area (Å²) in [5.74, 6) is 0.553. The molecule has 1 heterocycles. The molecule has 0 atom stereocenters. The summed E-state index contributed by atoms with van der Waals surface area (Å²) in [6.07, 6.45) is 1.73. The summed E-state index contributed by atoms with van der Waals surface area (Å²) in [5.41, 5.74) is 2.44. The molecule has 0 fully saturated rings. The van der Waals surface area contributed by atoms with Gasteiger partial charge in [-0.15, -0.1) is 11.8 Å². The molecule has 0 aliphatic carbocycles. The molecule has 2 aromatic rings. The number of benzene rings is 2. The van der Waals surface area contributed by atoms with Crippen LogP contribution in [0.2, 0.25) is 0 Å². The van der Waals surface area contributed by atoms with Gasteiger partial charge in [0, 0.05) is 34.9 Å². The molecule has 0 aromatic heterocycles. The van der Waals surface area contributed by atoms with Crippen LogP contribution in [-0.4, -0.2) is 23.5 Å². The average molecular weight is 326 g/mol. The van der Waals surface area contributed by atoms with Gasteiger partial charge in [0.05, 0.1) is 4.92 Å². The fraction of sp³-hybridized carbons (Fsp3) is 0.118. The number of ketones is 1. The second-order valence-electron chi connectivity index (χ2n) is 5.07. The Hall–Kier alpha value is -2.60. The highest BCUT2D eigenvalue weighted by Gasteiger charge is 2.22. The summed E-state index contributed by atoms with van der Waals surface area (Å²) >= 11 is 1.60. The second-order valence-corrected chi connectivity index (χ2v) is 6.08. The number of nitro benzene ring substituents is 1. The van der Waals surface area contributed by atoms with Crippen molar-refractivity contribution in [2.24, 2.45) is 0 Å². The average Bonchev–Trinajstić information content (AvgIpc) is 2.57. The van der Waals surface area contributed by atoms with E-state index in [4.69, 9.17) is 0 Å². The standard InChI is InChI=1S/C17H14N2O3S/c1-18-14-7-6-11(9-15(14)19(21)22)8-12-10-23-16-5-3-2-4-13(16)17(12)20/h2-9,18H,10H2,1H3/b12-8-. The minimum atomic E-state index is -0.430. The van der Waals surface area contributed by atoms with Gasteiger partial charge < -0.3 is 5.32 Å². The number of thioether (sulfide) groups is 1. The third kappa shape index (κ3) is 2.98. The SMILES string of the molecule is CNc1ccc(/C=C2/CSc3ccccc3C2=O)cc1[N+](=O)[O-]. The molecule has 1 aliphatic rings. The van der Waals surface area contributed by atoms with E-state index in [1.165, 1.54) is 6.07 Å². The molecule has 0 saturated heterocycles. The van der Waals surface area contributed by atoms with Gasteiger partial charge in [-0.2, -0.15) is 0 Å². The van der Waals surface area contributed by atoms with E-state index in [1.54, 1.807) is 37.0 Å². The lowest BCUT2D eigenvalue weighted by molar-refractivity contribution is -0.383. The number of Topliss-reactive ketones (excluding diaryl/α,β-unsaturated/α-hetero) is 1. The summed E-state index contributed by atoms with van der Waals surface area (Å²) in [6, 6.07) is 12.4. The van der Waals surface area contributed by atoms with Gasteiger partial charge in [0.15, 0.2) is 5.78 Å². The van der Waals surface area contributed by atoms with Crippen LogP contribution in [0, 0.1) is 10.1 Å². The van der Waals surface area contributed by atoms with E-state index in [0.717, 1.165) is 4.90 Å². The lowest BCUT2D eigenvalue weighted by atomic mass is 10.0. The van der Waals surface area contributed by atoms with Crippen LogP contribution >= 0.6 is 11.8 Å². The van der Waals surface area contributed by atoms with Gasteiger partial charge >= 0.3 is 0 Å². The first-order valence-corrected chi connectivity index (χ1v) is 8.02. The maximum Gasteiger partial charge on any atom is 0.292 e. The van der Waals surface area contributed by atoms with E-state index in [9.17, 15) is 14.9 Å². The molecule has 6 heteroatoms. The number of nitrogens with zero attached hydrogens (tertiary/aromatic N) is 1. The van der Waals surface area contributed by atoms with Crippen molar-refractivity contribution < 1.29 is 9.72 Å². The fourth-order valence-corrected chi connectivity index (χ4v) is 3.50. The van der Waals surface area contributed by atoms with Gasteiger partial charge in [-0.3, -0.25) is 14.9 Å². The van der Waals surface area contributed by atoms with Crippen LogP contribution in [0.3, 0.4) is 0 Å². The Morgan fingerprint density at radius 1 is 1.26 bits per heavy atom. The van der Waals surface area contributed by atoms with Crippen molar-refractivity contribution in [3.05, 3.63) is 69.3 Å². The van der Waals surface area contributed by atoms with E-state index >= 15 is 0 Å². The van der Waals surface area contributed by atoms with Gasteiger partial charge in [-0.05, 0) is 29.8 Å². The summed E-state index contributed by atoms with van der Waals surface area (Å²) in [4.78, 5) is 24.2. The highest BCUT2D eigenvalue weighted by molar-refractivity contribution is 7.99. The number of anilines is 1. The van der Waals surface area contributed by atoms with Crippen molar-refractivity contribution >= 4 is 35.0 Å². The number of fused-ring (bicyclic) bond motifs is 1. The molecule has 0 amide bonds. The lowest BCUT2D eigenvalue weighted by Gasteiger charge is -2.16.